The first-order valence-electron chi connectivity index (χ1n) is 10.8. The number of nitrogens with zero attached hydrogens (tertiary/aromatic N) is 7. The van der Waals surface area contributed by atoms with Gasteiger partial charge in [-0.1, -0.05) is 6.07 Å². The molecule has 0 radical (unpaired) electrons. The number of fused-ring (bicyclic) bond motifs is 2. The van der Waals surface area contributed by atoms with Crippen molar-refractivity contribution in [1.29, 1.82) is 0 Å². The molecule has 5 aromatic rings. The summed E-state index contributed by atoms with van der Waals surface area (Å²) in [5.74, 6) is 0.0584. The van der Waals surface area contributed by atoms with Gasteiger partial charge in [-0.25, -0.2) is 18.9 Å². The van der Waals surface area contributed by atoms with E-state index in [4.69, 9.17) is 0 Å². The smallest absolute Gasteiger partial charge is 0.229 e. The molecule has 5 heterocycles. The lowest BCUT2D eigenvalue weighted by Gasteiger charge is -2.34. The Hall–Kier alpha value is -4.05. The van der Waals surface area contributed by atoms with Crippen molar-refractivity contribution in [1.82, 2.24) is 34.4 Å². The maximum Gasteiger partial charge on any atom is 0.229 e. The van der Waals surface area contributed by atoms with Gasteiger partial charge in [0, 0.05) is 72.7 Å². The molecule has 0 bridgehead atoms. The summed E-state index contributed by atoms with van der Waals surface area (Å²) < 4.78 is 15.8. The van der Waals surface area contributed by atoms with Crippen molar-refractivity contribution in [3.8, 4) is 11.1 Å². The van der Waals surface area contributed by atoms with Crippen molar-refractivity contribution >= 4 is 34.0 Å². The van der Waals surface area contributed by atoms with E-state index in [1.54, 1.807) is 18.6 Å². The number of anilines is 3. The Morgan fingerprint density at radius 1 is 1.09 bits per heavy atom. The van der Waals surface area contributed by atoms with Crippen LogP contribution in [0.2, 0.25) is 0 Å². The van der Waals surface area contributed by atoms with E-state index in [1.165, 1.54) is 22.6 Å². The zero-order valence-corrected chi connectivity index (χ0v) is 18.0. The minimum Gasteiger partial charge on any atom is -0.369 e. The van der Waals surface area contributed by atoms with Crippen molar-refractivity contribution in [2.45, 2.75) is 0 Å². The van der Waals surface area contributed by atoms with Gasteiger partial charge in [0.05, 0.1) is 0 Å². The summed E-state index contributed by atoms with van der Waals surface area (Å²) in [6.07, 6.45) is 6.61. The Kier molecular flexibility index (Phi) is 4.65. The summed E-state index contributed by atoms with van der Waals surface area (Å²) in [4.78, 5) is 20.9. The molecule has 0 saturated carbocycles. The summed E-state index contributed by atoms with van der Waals surface area (Å²) in [7, 11) is 2.15. The van der Waals surface area contributed by atoms with Crippen LogP contribution in [0, 0.1) is 5.82 Å². The van der Waals surface area contributed by atoms with Crippen LogP contribution in [0.25, 0.3) is 27.8 Å². The number of nitrogens with one attached hydrogen (secondary N) is 2. The highest BCUT2D eigenvalue weighted by Gasteiger charge is 2.15. The normalized spacial score (nSPS) is 14.9. The lowest BCUT2D eigenvalue weighted by molar-refractivity contribution is 0.313. The van der Waals surface area contributed by atoms with E-state index in [0.29, 0.717) is 17.2 Å². The molecule has 1 aliphatic heterocycles. The maximum atomic E-state index is 14.4. The average molecular weight is 443 g/mol. The number of rotatable bonds is 4. The van der Waals surface area contributed by atoms with E-state index in [2.05, 4.69) is 59.3 Å². The molecule has 0 atom stereocenters. The molecule has 0 unspecified atom stereocenters. The lowest BCUT2D eigenvalue weighted by Crippen LogP contribution is -2.44. The van der Waals surface area contributed by atoms with Crippen LogP contribution in [0.5, 0.6) is 0 Å². The molecule has 1 fully saturated rings. The fourth-order valence-corrected chi connectivity index (χ4v) is 4.21. The molecule has 1 aromatic carbocycles. The minimum atomic E-state index is -0.432. The third-order valence-electron chi connectivity index (χ3n) is 6.04. The van der Waals surface area contributed by atoms with Crippen LogP contribution in [0.15, 0.2) is 55.2 Å². The van der Waals surface area contributed by atoms with Gasteiger partial charge in [-0.2, -0.15) is 10.1 Å². The van der Waals surface area contributed by atoms with E-state index in [0.717, 1.165) is 42.8 Å². The average Bonchev–Trinajstić information content (AvgIpc) is 3.47. The first-order chi connectivity index (χ1) is 16.1. The van der Waals surface area contributed by atoms with Crippen molar-refractivity contribution in [2.24, 2.45) is 0 Å². The molecule has 1 saturated heterocycles. The second-order valence-electron chi connectivity index (χ2n) is 8.23. The molecule has 33 heavy (non-hydrogen) atoms. The third kappa shape index (κ3) is 3.64. The third-order valence-corrected chi connectivity index (χ3v) is 6.04. The van der Waals surface area contributed by atoms with Crippen LogP contribution >= 0.6 is 0 Å². The predicted octanol–water partition coefficient (Wildman–Crippen LogP) is 3.30. The summed E-state index contributed by atoms with van der Waals surface area (Å²) in [6.45, 7) is 4.13. The van der Waals surface area contributed by atoms with Crippen LogP contribution in [0.4, 0.5) is 21.7 Å². The van der Waals surface area contributed by atoms with Gasteiger partial charge in [-0.3, -0.25) is 0 Å². The number of halogens is 1. The van der Waals surface area contributed by atoms with Gasteiger partial charge in [-0.05, 0) is 31.3 Å². The van der Waals surface area contributed by atoms with Crippen LogP contribution in [0.1, 0.15) is 0 Å². The lowest BCUT2D eigenvalue weighted by atomic mass is 10.1. The molecule has 10 heteroatoms. The van der Waals surface area contributed by atoms with Crippen LogP contribution < -0.4 is 10.2 Å². The molecule has 0 amide bonds. The van der Waals surface area contributed by atoms with Gasteiger partial charge in [0.15, 0.2) is 11.5 Å². The fraction of sp³-hybridized carbons (Fsp3) is 0.217. The second kappa shape index (κ2) is 7.82. The zero-order chi connectivity index (χ0) is 22.4. The van der Waals surface area contributed by atoms with E-state index in [1.807, 2.05) is 12.1 Å². The number of H-pyrrole nitrogens is 1. The van der Waals surface area contributed by atoms with Gasteiger partial charge in [0.25, 0.3) is 0 Å². The number of aromatic nitrogens is 6. The number of aromatic amines is 1. The van der Waals surface area contributed by atoms with Gasteiger partial charge < -0.3 is 20.1 Å². The molecule has 2 N–H and O–H groups in total. The first kappa shape index (κ1) is 19.6. The van der Waals surface area contributed by atoms with Gasteiger partial charge in [-0.15, -0.1) is 0 Å². The molecule has 1 aliphatic rings. The number of hydrogen-bond acceptors (Lipinski definition) is 7. The monoisotopic (exact) mass is 443 g/mol. The number of hydrogen-bond donors (Lipinski definition) is 2. The molecule has 166 valence electrons. The van der Waals surface area contributed by atoms with Crippen LogP contribution in [-0.4, -0.2) is 67.7 Å². The zero-order valence-electron chi connectivity index (χ0n) is 18.0. The first-order valence-corrected chi connectivity index (χ1v) is 10.8. The molecular weight excluding hydrogens is 421 g/mol. The van der Waals surface area contributed by atoms with Gasteiger partial charge in [0.1, 0.15) is 12.0 Å². The largest absolute Gasteiger partial charge is 0.369 e. The number of likely N-dealkylation sites (N-methyl/N-ethyl adjacent to an activating group) is 1. The van der Waals surface area contributed by atoms with Crippen molar-refractivity contribution < 1.29 is 4.39 Å². The minimum absolute atomic E-state index is 0.195. The van der Waals surface area contributed by atoms with E-state index < -0.39 is 5.82 Å². The van der Waals surface area contributed by atoms with Crippen molar-refractivity contribution in [3.05, 3.63) is 61.1 Å². The molecule has 0 spiro atoms. The topological polar surface area (TPSA) is 90.3 Å². The predicted molar refractivity (Wildman–Crippen MR) is 125 cm³/mol. The van der Waals surface area contributed by atoms with Crippen LogP contribution in [-0.2, 0) is 0 Å². The Labute approximate surface area is 188 Å². The van der Waals surface area contributed by atoms with Crippen molar-refractivity contribution in [3.63, 3.8) is 0 Å². The second-order valence-corrected chi connectivity index (χ2v) is 8.23. The highest BCUT2D eigenvalue weighted by atomic mass is 19.1. The molecular formula is C23H22FN9. The number of pyridine rings is 1. The summed E-state index contributed by atoms with van der Waals surface area (Å²) in [5, 5.41) is 8.14. The highest BCUT2D eigenvalue weighted by molar-refractivity contribution is 5.93. The van der Waals surface area contributed by atoms with Gasteiger partial charge in [0.2, 0.25) is 5.95 Å². The maximum absolute atomic E-state index is 14.4. The van der Waals surface area contributed by atoms with E-state index in [-0.39, 0.29) is 5.65 Å². The highest BCUT2D eigenvalue weighted by Crippen LogP contribution is 2.29. The van der Waals surface area contributed by atoms with E-state index in [9.17, 15) is 4.39 Å². The molecule has 6 rings (SSSR count). The van der Waals surface area contributed by atoms with Gasteiger partial charge >= 0.3 is 0 Å². The van der Waals surface area contributed by atoms with Crippen molar-refractivity contribution in [2.75, 3.05) is 43.4 Å². The Bertz CT molecular complexity index is 1450. The Balaban J connectivity index is 1.27. The standard InChI is InChI=1S/C23H22FN9/c1-31-5-7-32(8-6-31)17-4-2-3-16(10-17)29-23-26-12-19-18(11-25-21(19)30-23)15-9-20(24)22-27-14-28-33(22)13-15/h2-4,9-14H,5-8H2,1H3,(H2,25,26,29,30). The molecule has 0 aliphatic carbocycles. The Morgan fingerprint density at radius 3 is 2.85 bits per heavy atom. The number of piperazine rings is 1. The van der Waals surface area contributed by atoms with Crippen LogP contribution in [0.3, 0.4) is 0 Å². The molecule has 9 nitrogen and oxygen atoms in total. The number of benzene rings is 1. The Morgan fingerprint density at radius 2 is 1.97 bits per heavy atom. The summed E-state index contributed by atoms with van der Waals surface area (Å²) in [6, 6.07) is 9.74. The fourth-order valence-electron chi connectivity index (χ4n) is 4.21. The SMILES string of the molecule is CN1CCN(c2cccc(Nc3ncc4c(-c5cc(F)c6ncnn6c5)c[nH]c4n3)c2)CC1. The quantitative estimate of drug-likeness (QED) is 0.440. The summed E-state index contributed by atoms with van der Waals surface area (Å²) in [5.41, 5.74) is 4.43. The van der Waals surface area contributed by atoms with E-state index >= 15 is 0 Å². The molecule has 4 aromatic heterocycles. The summed E-state index contributed by atoms with van der Waals surface area (Å²) >= 11 is 0.